The number of aromatic nitrogens is 1. The summed E-state index contributed by atoms with van der Waals surface area (Å²) in [5.41, 5.74) is 8.04. The predicted octanol–water partition coefficient (Wildman–Crippen LogP) is 5.32. The molecule has 1 aromatic heterocycles. The summed E-state index contributed by atoms with van der Waals surface area (Å²) in [5.74, 6) is -0.0116. The number of thiazole rings is 1. The molecule has 4 nitrogen and oxygen atoms in total. The first-order chi connectivity index (χ1) is 13.4. The van der Waals surface area contributed by atoms with E-state index in [1.165, 1.54) is 28.2 Å². The highest BCUT2D eigenvalue weighted by atomic mass is 32.1. The van der Waals surface area contributed by atoms with Gasteiger partial charge in [0, 0.05) is 24.5 Å². The summed E-state index contributed by atoms with van der Waals surface area (Å²) in [6.45, 7) is 9.58. The second kappa shape index (κ2) is 7.40. The molecule has 1 amide bonds. The number of anilines is 3. The van der Waals surface area contributed by atoms with Crippen LogP contribution < -0.4 is 9.80 Å². The molecule has 0 N–H and O–H groups in total. The number of carbonyl (C=O) groups is 1. The van der Waals surface area contributed by atoms with E-state index in [9.17, 15) is 4.79 Å². The largest absolute Gasteiger partial charge is 0.365 e. The van der Waals surface area contributed by atoms with Crippen molar-refractivity contribution in [2.75, 3.05) is 16.3 Å². The molecule has 0 spiro atoms. The van der Waals surface area contributed by atoms with Gasteiger partial charge in [0.25, 0.3) is 0 Å². The maximum absolute atomic E-state index is 12.5. The molecule has 0 aliphatic carbocycles. The standard InChI is InChI=1S/C23H25N3OS/c1-15-11-16(2)22(17(3)12-15)26(18(4)27)23-24-20(14-28-23)13-25-10-9-19-7-5-6-8-21(19)25/h5-8,11-12,14H,9-10,13H2,1-4H3. The van der Waals surface area contributed by atoms with Gasteiger partial charge >= 0.3 is 0 Å². The molecule has 0 radical (unpaired) electrons. The topological polar surface area (TPSA) is 36.4 Å². The number of hydrogen-bond acceptors (Lipinski definition) is 4. The molecule has 5 heteroatoms. The van der Waals surface area contributed by atoms with Crippen LogP contribution in [0.1, 0.15) is 34.9 Å². The number of carbonyl (C=O) groups excluding carboxylic acids is 1. The molecule has 0 saturated heterocycles. The molecule has 3 aromatic rings. The molecule has 4 rings (SSSR count). The number of benzene rings is 2. The molecule has 0 bridgehead atoms. The molecule has 28 heavy (non-hydrogen) atoms. The van der Waals surface area contributed by atoms with Gasteiger partial charge in [-0.25, -0.2) is 4.98 Å². The first-order valence-corrected chi connectivity index (χ1v) is 10.5. The van der Waals surface area contributed by atoms with E-state index in [4.69, 9.17) is 4.98 Å². The van der Waals surface area contributed by atoms with Gasteiger partial charge in [0.2, 0.25) is 5.91 Å². The van der Waals surface area contributed by atoms with Gasteiger partial charge in [-0.15, -0.1) is 11.3 Å². The van der Waals surface area contributed by atoms with Gasteiger partial charge in [0.05, 0.1) is 17.9 Å². The fraction of sp³-hybridized carbons (Fsp3) is 0.304. The maximum atomic E-state index is 12.5. The summed E-state index contributed by atoms with van der Waals surface area (Å²) in [6, 6.07) is 12.8. The quantitative estimate of drug-likeness (QED) is 0.604. The number of fused-ring (bicyclic) bond motifs is 1. The van der Waals surface area contributed by atoms with Crippen molar-refractivity contribution in [1.29, 1.82) is 0 Å². The predicted molar refractivity (Wildman–Crippen MR) is 117 cm³/mol. The molecule has 2 heterocycles. The Hall–Kier alpha value is -2.66. The summed E-state index contributed by atoms with van der Waals surface area (Å²) in [6.07, 6.45) is 1.08. The number of amides is 1. The molecule has 1 aliphatic rings. The Balaban J connectivity index is 1.63. The molecule has 0 atom stereocenters. The highest BCUT2D eigenvalue weighted by molar-refractivity contribution is 7.14. The normalized spacial score (nSPS) is 12.9. The summed E-state index contributed by atoms with van der Waals surface area (Å²) >= 11 is 1.53. The fourth-order valence-electron chi connectivity index (χ4n) is 4.15. The minimum Gasteiger partial charge on any atom is -0.365 e. The Labute approximate surface area is 170 Å². The van der Waals surface area contributed by atoms with Crippen LogP contribution in [0.25, 0.3) is 0 Å². The van der Waals surface area contributed by atoms with E-state index in [0.29, 0.717) is 0 Å². The minimum atomic E-state index is -0.0116. The van der Waals surface area contributed by atoms with E-state index in [2.05, 4.69) is 67.4 Å². The molecule has 2 aromatic carbocycles. The smallest absolute Gasteiger partial charge is 0.230 e. The van der Waals surface area contributed by atoms with Crippen LogP contribution in [0.3, 0.4) is 0 Å². The van der Waals surface area contributed by atoms with Gasteiger partial charge in [0.1, 0.15) is 0 Å². The monoisotopic (exact) mass is 391 g/mol. The van der Waals surface area contributed by atoms with E-state index in [1.807, 2.05) is 0 Å². The third kappa shape index (κ3) is 3.42. The minimum absolute atomic E-state index is 0.0116. The van der Waals surface area contributed by atoms with Gasteiger partial charge in [-0.1, -0.05) is 35.9 Å². The molecule has 0 fully saturated rings. The van der Waals surface area contributed by atoms with Crippen LogP contribution in [0.5, 0.6) is 0 Å². The zero-order chi connectivity index (χ0) is 19.8. The van der Waals surface area contributed by atoms with Crippen molar-refractivity contribution in [2.24, 2.45) is 0 Å². The van der Waals surface area contributed by atoms with Crippen molar-refractivity contribution >= 4 is 33.8 Å². The number of para-hydroxylation sites is 1. The van der Waals surface area contributed by atoms with Crippen molar-refractivity contribution in [3.63, 3.8) is 0 Å². The molecular weight excluding hydrogens is 366 g/mol. The fourth-order valence-corrected chi connectivity index (χ4v) is 5.01. The lowest BCUT2D eigenvalue weighted by Crippen LogP contribution is -2.25. The second-order valence-corrected chi connectivity index (χ2v) is 8.36. The van der Waals surface area contributed by atoms with Crippen LogP contribution in [0.2, 0.25) is 0 Å². The summed E-state index contributed by atoms with van der Waals surface area (Å²) in [7, 11) is 0. The summed E-state index contributed by atoms with van der Waals surface area (Å²) < 4.78 is 0. The van der Waals surface area contributed by atoms with E-state index in [0.717, 1.165) is 47.2 Å². The van der Waals surface area contributed by atoms with E-state index >= 15 is 0 Å². The van der Waals surface area contributed by atoms with Crippen molar-refractivity contribution < 1.29 is 4.79 Å². The van der Waals surface area contributed by atoms with Crippen molar-refractivity contribution in [3.05, 3.63) is 69.7 Å². The lowest BCUT2D eigenvalue weighted by Gasteiger charge is -2.23. The van der Waals surface area contributed by atoms with Crippen molar-refractivity contribution in [1.82, 2.24) is 4.98 Å². The average Bonchev–Trinajstić information content (AvgIpc) is 3.25. The molecule has 144 valence electrons. The van der Waals surface area contributed by atoms with Crippen molar-refractivity contribution in [3.8, 4) is 0 Å². The number of nitrogens with zero attached hydrogens (tertiary/aromatic N) is 3. The highest BCUT2D eigenvalue weighted by Crippen LogP contribution is 2.35. The first-order valence-electron chi connectivity index (χ1n) is 9.60. The lowest BCUT2D eigenvalue weighted by molar-refractivity contribution is -0.115. The Morgan fingerprint density at radius 2 is 1.89 bits per heavy atom. The van der Waals surface area contributed by atoms with Crippen LogP contribution in [-0.2, 0) is 17.8 Å². The van der Waals surface area contributed by atoms with Crippen LogP contribution in [0, 0.1) is 20.8 Å². The zero-order valence-electron chi connectivity index (χ0n) is 16.8. The third-order valence-corrected chi connectivity index (χ3v) is 6.12. The number of rotatable bonds is 4. The van der Waals surface area contributed by atoms with Gasteiger partial charge in [-0.2, -0.15) is 0 Å². The number of hydrogen-bond donors (Lipinski definition) is 0. The van der Waals surface area contributed by atoms with Gasteiger partial charge in [0.15, 0.2) is 5.13 Å². The van der Waals surface area contributed by atoms with Gasteiger partial charge in [-0.3, -0.25) is 9.69 Å². The van der Waals surface area contributed by atoms with Gasteiger partial charge < -0.3 is 4.90 Å². The first kappa shape index (κ1) is 18.7. The summed E-state index contributed by atoms with van der Waals surface area (Å²) in [5, 5.41) is 2.82. The van der Waals surface area contributed by atoms with Crippen molar-refractivity contribution in [2.45, 2.75) is 40.7 Å². The van der Waals surface area contributed by atoms with E-state index < -0.39 is 0 Å². The summed E-state index contributed by atoms with van der Waals surface area (Å²) in [4.78, 5) is 21.5. The Bertz CT molecular complexity index is 1020. The van der Waals surface area contributed by atoms with Crippen LogP contribution in [0.15, 0.2) is 41.8 Å². The maximum Gasteiger partial charge on any atom is 0.230 e. The molecule has 0 saturated carbocycles. The van der Waals surface area contributed by atoms with E-state index in [-0.39, 0.29) is 5.91 Å². The molecular formula is C23H25N3OS. The van der Waals surface area contributed by atoms with Crippen LogP contribution in [-0.4, -0.2) is 17.4 Å². The third-order valence-electron chi connectivity index (χ3n) is 5.24. The molecule has 0 unspecified atom stereocenters. The lowest BCUT2D eigenvalue weighted by atomic mass is 10.0. The highest BCUT2D eigenvalue weighted by Gasteiger charge is 2.23. The Morgan fingerprint density at radius 1 is 1.18 bits per heavy atom. The number of aryl methyl sites for hydroxylation is 3. The van der Waals surface area contributed by atoms with E-state index in [1.54, 1.807) is 11.8 Å². The van der Waals surface area contributed by atoms with Crippen LogP contribution in [0.4, 0.5) is 16.5 Å². The zero-order valence-corrected chi connectivity index (χ0v) is 17.6. The van der Waals surface area contributed by atoms with Gasteiger partial charge in [-0.05, 0) is 49.9 Å². The SMILES string of the molecule is CC(=O)N(c1nc(CN2CCc3ccccc32)cs1)c1c(C)cc(C)cc1C. The Morgan fingerprint density at radius 3 is 2.61 bits per heavy atom. The Kier molecular flexibility index (Phi) is 4.94. The molecule has 1 aliphatic heterocycles. The average molecular weight is 392 g/mol. The van der Waals surface area contributed by atoms with Crippen LogP contribution >= 0.6 is 11.3 Å². The second-order valence-electron chi connectivity index (χ2n) is 7.52.